The van der Waals surface area contributed by atoms with Crippen LogP contribution >= 0.6 is 11.6 Å². The number of hydrogen-bond acceptors (Lipinski definition) is 2. The number of nitriles is 1. The van der Waals surface area contributed by atoms with Crippen LogP contribution in [0.3, 0.4) is 0 Å². The van der Waals surface area contributed by atoms with E-state index in [1.165, 1.54) is 12.8 Å². The summed E-state index contributed by atoms with van der Waals surface area (Å²) in [6.45, 7) is 4.16. The summed E-state index contributed by atoms with van der Waals surface area (Å²) in [6, 6.07) is 8.49. The molecule has 98 valence electrons. The first-order valence-corrected chi connectivity index (χ1v) is 7.16. The molecule has 0 amide bonds. The molecule has 3 unspecified atom stereocenters. The van der Waals surface area contributed by atoms with Gasteiger partial charge in [0, 0.05) is 6.04 Å². The fraction of sp³-hybridized carbons (Fsp3) is 0.467. The highest BCUT2D eigenvalue weighted by Gasteiger charge is 2.39. The molecule has 0 spiro atoms. The fourth-order valence-corrected chi connectivity index (χ4v) is 2.99. The van der Waals surface area contributed by atoms with E-state index >= 15 is 0 Å². The van der Waals surface area contributed by atoms with Crippen LogP contribution in [0.4, 0.5) is 0 Å². The maximum Gasteiger partial charge on any atom is 0.128 e. The molecule has 0 bridgehead atoms. The molecule has 1 aromatic carbocycles. The van der Waals surface area contributed by atoms with Crippen LogP contribution in [-0.4, -0.2) is 9.55 Å². The normalized spacial score (nSPS) is 23.3. The van der Waals surface area contributed by atoms with Crippen molar-refractivity contribution in [1.82, 2.24) is 9.55 Å². The fourth-order valence-electron chi connectivity index (χ4n) is 2.84. The molecular formula is C15H16ClN3. The number of aromatic nitrogens is 2. The van der Waals surface area contributed by atoms with E-state index in [0.29, 0.717) is 11.6 Å². The van der Waals surface area contributed by atoms with Crippen molar-refractivity contribution in [3.63, 3.8) is 0 Å². The highest BCUT2D eigenvalue weighted by Crippen LogP contribution is 2.48. The summed E-state index contributed by atoms with van der Waals surface area (Å²) in [7, 11) is 0. The Morgan fingerprint density at radius 3 is 2.95 bits per heavy atom. The van der Waals surface area contributed by atoms with Crippen LogP contribution in [0.5, 0.6) is 0 Å². The van der Waals surface area contributed by atoms with Gasteiger partial charge in [0.1, 0.15) is 17.4 Å². The van der Waals surface area contributed by atoms with Gasteiger partial charge in [-0.25, -0.2) is 4.98 Å². The minimum Gasteiger partial charge on any atom is -0.323 e. The molecule has 1 saturated carbocycles. The smallest absolute Gasteiger partial charge is 0.128 e. The molecule has 0 radical (unpaired) electrons. The molecule has 1 aromatic heterocycles. The second-order valence-electron chi connectivity index (χ2n) is 5.21. The monoisotopic (exact) mass is 273 g/mol. The summed E-state index contributed by atoms with van der Waals surface area (Å²) < 4.78 is 2.25. The Kier molecular flexibility index (Phi) is 2.99. The Morgan fingerprint density at radius 2 is 2.37 bits per heavy atom. The minimum atomic E-state index is -0.142. The number of halogens is 1. The molecule has 3 nitrogen and oxygen atoms in total. The van der Waals surface area contributed by atoms with Crippen molar-refractivity contribution in [2.45, 2.75) is 38.1 Å². The van der Waals surface area contributed by atoms with E-state index in [1.54, 1.807) is 0 Å². The number of alkyl halides is 1. The third kappa shape index (κ3) is 1.91. The zero-order valence-electron chi connectivity index (χ0n) is 11.1. The zero-order chi connectivity index (χ0) is 13.6. The Balaban J connectivity index is 2.23. The SMILES string of the molecule is CCC1CC1n1c(C(C)Cl)nc2c(C#N)cccc21. The number of rotatable bonds is 3. The van der Waals surface area contributed by atoms with Crippen LogP contribution in [-0.2, 0) is 0 Å². The molecule has 1 aliphatic carbocycles. The van der Waals surface area contributed by atoms with E-state index < -0.39 is 0 Å². The van der Waals surface area contributed by atoms with Crippen molar-refractivity contribution in [2.75, 3.05) is 0 Å². The average Bonchev–Trinajstić information content (AvgIpc) is 3.08. The van der Waals surface area contributed by atoms with Crippen LogP contribution < -0.4 is 0 Å². The second kappa shape index (κ2) is 4.54. The summed E-state index contributed by atoms with van der Waals surface area (Å²) in [4.78, 5) is 4.62. The van der Waals surface area contributed by atoms with Crippen molar-refractivity contribution >= 4 is 22.6 Å². The van der Waals surface area contributed by atoms with E-state index in [4.69, 9.17) is 11.6 Å². The number of hydrogen-bond donors (Lipinski definition) is 0. The summed E-state index contributed by atoms with van der Waals surface area (Å²) in [6.07, 6.45) is 2.37. The van der Waals surface area contributed by atoms with Gasteiger partial charge in [0.15, 0.2) is 0 Å². The predicted molar refractivity (Wildman–Crippen MR) is 76.2 cm³/mol. The van der Waals surface area contributed by atoms with Gasteiger partial charge in [0.2, 0.25) is 0 Å². The molecule has 3 atom stereocenters. The Bertz CT molecular complexity index is 666. The molecule has 2 aromatic rings. The summed E-state index contributed by atoms with van der Waals surface area (Å²) in [5.74, 6) is 1.61. The lowest BCUT2D eigenvalue weighted by Crippen LogP contribution is -2.03. The first-order chi connectivity index (χ1) is 9.17. The molecule has 0 aliphatic heterocycles. The van der Waals surface area contributed by atoms with Crippen LogP contribution in [0.25, 0.3) is 11.0 Å². The van der Waals surface area contributed by atoms with Crippen LogP contribution in [0, 0.1) is 17.2 Å². The van der Waals surface area contributed by atoms with Crippen LogP contribution in [0.15, 0.2) is 18.2 Å². The molecule has 1 heterocycles. The first-order valence-electron chi connectivity index (χ1n) is 6.72. The lowest BCUT2D eigenvalue weighted by Gasteiger charge is -2.10. The largest absolute Gasteiger partial charge is 0.323 e. The Hall–Kier alpha value is -1.53. The van der Waals surface area contributed by atoms with Gasteiger partial charge < -0.3 is 4.57 Å². The van der Waals surface area contributed by atoms with E-state index in [1.807, 2.05) is 25.1 Å². The Labute approximate surface area is 117 Å². The van der Waals surface area contributed by atoms with Crippen molar-refractivity contribution < 1.29 is 0 Å². The molecule has 3 rings (SSSR count). The van der Waals surface area contributed by atoms with Crippen LogP contribution in [0.1, 0.15) is 49.5 Å². The zero-order valence-corrected chi connectivity index (χ0v) is 11.9. The molecule has 1 fully saturated rings. The second-order valence-corrected chi connectivity index (χ2v) is 5.87. The van der Waals surface area contributed by atoms with Crippen molar-refractivity contribution in [1.29, 1.82) is 5.26 Å². The summed E-state index contributed by atoms with van der Waals surface area (Å²) >= 11 is 6.27. The number of benzene rings is 1. The maximum absolute atomic E-state index is 9.19. The standard InChI is InChI=1S/C15H16ClN3/c1-3-10-7-13(10)19-12-6-4-5-11(8-17)14(12)18-15(19)9(2)16/h4-6,9-10,13H,3,7H2,1-2H3. The van der Waals surface area contributed by atoms with E-state index in [0.717, 1.165) is 22.8 Å². The summed E-state index contributed by atoms with van der Waals surface area (Å²) in [5.41, 5.74) is 2.46. The van der Waals surface area contributed by atoms with Crippen molar-refractivity contribution in [3.8, 4) is 6.07 Å². The number of nitrogens with zero attached hydrogens (tertiary/aromatic N) is 3. The molecule has 19 heavy (non-hydrogen) atoms. The van der Waals surface area contributed by atoms with Crippen molar-refractivity contribution in [2.24, 2.45) is 5.92 Å². The minimum absolute atomic E-state index is 0.142. The number of fused-ring (bicyclic) bond motifs is 1. The third-order valence-electron chi connectivity index (χ3n) is 3.96. The van der Waals surface area contributed by atoms with E-state index in [9.17, 15) is 5.26 Å². The van der Waals surface area contributed by atoms with Crippen LogP contribution in [0.2, 0.25) is 0 Å². The van der Waals surface area contributed by atoms with Gasteiger partial charge in [-0.05, 0) is 31.4 Å². The molecular weight excluding hydrogens is 258 g/mol. The lowest BCUT2D eigenvalue weighted by atomic mass is 10.2. The van der Waals surface area contributed by atoms with Gasteiger partial charge in [-0.3, -0.25) is 0 Å². The van der Waals surface area contributed by atoms with Crippen molar-refractivity contribution in [3.05, 3.63) is 29.6 Å². The first kappa shape index (κ1) is 12.5. The lowest BCUT2D eigenvalue weighted by molar-refractivity contribution is 0.624. The quantitative estimate of drug-likeness (QED) is 0.787. The summed E-state index contributed by atoms with van der Waals surface area (Å²) in [5, 5.41) is 9.05. The highest BCUT2D eigenvalue weighted by molar-refractivity contribution is 6.20. The topological polar surface area (TPSA) is 41.6 Å². The molecule has 4 heteroatoms. The van der Waals surface area contributed by atoms with Gasteiger partial charge in [0.05, 0.1) is 16.5 Å². The molecule has 0 N–H and O–H groups in total. The predicted octanol–water partition coefficient (Wildman–Crippen LogP) is 4.18. The Morgan fingerprint density at radius 1 is 1.58 bits per heavy atom. The average molecular weight is 274 g/mol. The van der Waals surface area contributed by atoms with Gasteiger partial charge in [-0.15, -0.1) is 11.6 Å². The molecule has 1 aliphatic rings. The van der Waals surface area contributed by atoms with E-state index in [-0.39, 0.29) is 5.38 Å². The van der Waals surface area contributed by atoms with Gasteiger partial charge in [-0.2, -0.15) is 5.26 Å². The maximum atomic E-state index is 9.19. The van der Waals surface area contributed by atoms with Gasteiger partial charge >= 0.3 is 0 Å². The number of imidazole rings is 1. The van der Waals surface area contributed by atoms with E-state index in [2.05, 4.69) is 22.5 Å². The highest BCUT2D eigenvalue weighted by atomic mass is 35.5. The van der Waals surface area contributed by atoms with Gasteiger partial charge in [0.25, 0.3) is 0 Å². The number of para-hydroxylation sites is 1. The van der Waals surface area contributed by atoms with Gasteiger partial charge in [-0.1, -0.05) is 19.4 Å². The molecule has 0 saturated heterocycles. The third-order valence-corrected chi connectivity index (χ3v) is 4.16.